The molecule has 12 heteroatoms. The minimum atomic E-state index is -4.16. The Hall–Kier alpha value is -1.99. The molecule has 1 saturated heterocycles. The Morgan fingerprint density at radius 3 is 2.00 bits per heavy atom. The van der Waals surface area contributed by atoms with Crippen molar-refractivity contribution in [2.75, 3.05) is 17.8 Å². The Balaban J connectivity index is 1.92. The van der Waals surface area contributed by atoms with Crippen LogP contribution >= 0.6 is 0 Å². The summed E-state index contributed by atoms with van der Waals surface area (Å²) >= 11 is 0. The first-order chi connectivity index (χ1) is 13.0. The molecule has 152 valence electrons. The largest absolute Gasteiger partial charge is 0.280 e. The first-order valence-corrected chi connectivity index (χ1v) is 12.7. The normalized spacial score (nSPS) is 16.2. The summed E-state index contributed by atoms with van der Waals surface area (Å²) in [6.07, 6.45) is 1.57. The average molecular weight is 446 g/mol. The smallest absolute Gasteiger partial charge is 0.261 e. The highest BCUT2D eigenvalue weighted by atomic mass is 32.2. The van der Waals surface area contributed by atoms with Gasteiger partial charge in [-0.1, -0.05) is 12.1 Å². The number of nitrogens with two attached hydrogens (primary N) is 1. The quantitative estimate of drug-likeness (QED) is 0.677. The van der Waals surface area contributed by atoms with E-state index >= 15 is 0 Å². The van der Waals surface area contributed by atoms with Gasteiger partial charge in [-0.05, 0) is 49.2 Å². The molecule has 0 radical (unpaired) electrons. The molecule has 0 amide bonds. The van der Waals surface area contributed by atoms with E-state index in [2.05, 4.69) is 4.72 Å². The second-order valence-electron chi connectivity index (χ2n) is 6.26. The number of rotatable bonds is 6. The molecule has 2 aromatic rings. The third-order valence-electron chi connectivity index (χ3n) is 4.23. The van der Waals surface area contributed by atoms with Crippen LogP contribution in [0.3, 0.4) is 0 Å². The van der Waals surface area contributed by atoms with Crippen LogP contribution in [0.2, 0.25) is 0 Å². The molecule has 3 N–H and O–H groups in total. The van der Waals surface area contributed by atoms with Gasteiger partial charge in [0.05, 0.1) is 20.4 Å². The molecule has 28 heavy (non-hydrogen) atoms. The maximum absolute atomic E-state index is 12.6. The van der Waals surface area contributed by atoms with Crippen LogP contribution in [-0.2, 0) is 30.1 Å². The number of anilines is 1. The molecule has 0 aromatic heterocycles. The van der Waals surface area contributed by atoms with Gasteiger partial charge in [0.2, 0.25) is 20.0 Å². The number of sulfonamides is 3. The van der Waals surface area contributed by atoms with Crippen molar-refractivity contribution >= 4 is 35.8 Å². The van der Waals surface area contributed by atoms with Crippen molar-refractivity contribution in [1.29, 1.82) is 0 Å². The minimum Gasteiger partial charge on any atom is -0.280 e. The first-order valence-electron chi connectivity index (χ1n) is 8.26. The van der Waals surface area contributed by atoms with E-state index in [0.717, 1.165) is 18.9 Å². The summed E-state index contributed by atoms with van der Waals surface area (Å²) in [7, 11) is -11.9. The van der Waals surface area contributed by atoms with Gasteiger partial charge in [0, 0.05) is 13.1 Å². The maximum atomic E-state index is 12.6. The van der Waals surface area contributed by atoms with Gasteiger partial charge < -0.3 is 0 Å². The second-order valence-corrected chi connectivity index (χ2v) is 11.4. The van der Waals surface area contributed by atoms with Gasteiger partial charge >= 0.3 is 0 Å². The number of benzene rings is 2. The van der Waals surface area contributed by atoms with Crippen LogP contribution in [0.25, 0.3) is 0 Å². The number of hydrogen-bond donors (Lipinski definition) is 2. The van der Waals surface area contributed by atoms with Crippen LogP contribution in [0.1, 0.15) is 12.8 Å². The number of nitrogens with one attached hydrogen (secondary N) is 1. The Labute approximate surface area is 164 Å². The highest BCUT2D eigenvalue weighted by Gasteiger charge is 2.27. The number of primary sulfonamides is 1. The van der Waals surface area contributed by atoms with Gasteiger partial charge in [0.1, 0.15) is 0 Å². The topological polar surface area (TPSA) is 144 Å². The fourth-order valence-electron chi connectivity index (χ4n) is 2.83. The summed E-state index contributed by atoms with van der Waals surface area (Å²) in [5, 5.41) is 5.03. The fraction of sp³-hybridized carbons (Fsp3) is 0.250. The highest BCUT2D eigenvalue weighted by Crippen LogP contribution is 2.25. The molecule has 9 nitrogen and oxygen atoms in total. The van der Waals surface area contributed by atoms with Crippen molar-refractivity contribution in [1.82, 2.24) is 4.31 Å². The van der Waals surface area contributed by atoms with Crippen molar-refractivity contribution < 1.29 is 25.3 Å². The number of hydrogen-bond acceptors (Lipinski definition) is 6. The van der Waals surface area contributed by atoms with Crippen molar-refractivity contribution in [3.05, 3.63) is 48.5 Å². The Morgan fingerprint density at radius 2 is 1.36 bits per heavy atom. The summed E-state index contributed by atoms with van der Waals surface area (Å²) in [6, 6.07) is 10.0. The molecule has 1 heterocycles. The molecular weight excluding hydrogens is 426 g/mol. The summed E-state index contributed by atoms with van der Waals surface area (Å²) in [6.45, 7) is 0.858. The molecule has 1 aliphatic heterocycles. The molecule has 0 bridgehead atoms. The van der Waals surface area contributed by atoms with Crippen LogP contribution in [0.15, 0.2) is 63.2 Å². The average Bonchev–Trinajstić information content (AvgIpc) is 3.16. The molecule has 0 atom stereocenters. The number of nitrogens with zero attached hydrogens (tertiary/aromatic N) is 1. The Bertz CT molecular complexity index is 1200. The highest BCUT2D eigenvalue weighted by molar-refractivity contribution is 7.93. The molecule has 0 aliphatic carbocycles. The lowest BCUT2D eigenvalue weighted by Crippen LogP contribution is -2.27. The standard InChI is InChI=1S/C16H19N3O6S3/c17-26(20,21)14-6-4-7-15(12-14)27(22,23)18-13-5-3-8-16(11-13)28(24,25)19-9-1-2-10-19/h3-8,11-12,18H,1-2,9-10H2,(H2,17,20,21). The predicted octanol–water partition coefficient (Wildman–Crippen LogP) is 0.919. The molecule has 2 aromatic carbocycles. The van der Waals surface area contributed by atoms with Crippen LogP contribution in [-0.4, -0.2) is 42.6 Å². The third-order valence-corrected chi connectivity index (χ3v) is 8.42. The van der Waals surface area contributed by atoms with E-state index in [-0.39, 0.29) is 20.4 Å². The summed E-state index contributed by atoms with van der Waals surface area (Å²) in [4.78, 5) is -0.680. The predicted molar refractivity (Wildman–Crippen MR) is 103 cm³/mol. The minimum absolute atomic E-state index is 0.0205. The third kappa shape index (κ3) is 4.36. The summed E-state index contributed by atoms with van der Waals surface area (Å²) in [5.74, 6) is 0. The van der Waals surface area contributed by atoms with Gasteiger partial charge in [0.15, 0.2) is 0 Å². The summed E-state index contributed by atoms with van der Waals surface area (Å²) < 4.78 is 77.0. The zero-order valence-electron chi connectivity index (χ0n) is 14.6. The molecule has 0 saturated carbocycles. The summed E-state index contributed by atoms with van der Waals surface area (Å²) in [5.41, 5.74) is 0.0429. The van der Waals surface area contributed by atoms with Crippen molar-refractivity contribution in [3.63, 3.8) is 0 Å². The maximum Gasteiger partial charge on any atom is 0.261 e. The lowest BCUT2D eigenvalue weighted by molar-refractivity contribution is 0.477. The van der Waals surface area contributed by atoms with Crippen molar-refractivity contribution in [2.24, 2.45) is 5.14 Å². The van der Waals surface area contributed by atoms with Gasteiger partial charge in [-0.15, -0.1) is 0 Å². The van der Waals surface area contributed by atoms with E-state index in [4.69, 9.17) is 5.14 Å². The fourth-order valence-corrected chi connectivity index (χ4v) is 6.12. The first kappa shape index (κ1) is 20.7. The van der Waals surface area contributed by atoms with Crippen LogP contribution < -0.4 is 9.86 Å². The second kappa shape index (κ2) is 7.44. The zero-order valence-corrected chi connectivity index (χ0v) is 17.1. The monoisotopic (exact) mass is 445 g/mol. The van der Waals surface area contributed by atoms with E-state index in [1.807, 2.05) is 0 Å². The lowest BCUT2D eigenvalue weighted by atomic mass is 10.3. The van der Waals surface area contributed by atoms with E-state index in [0.29, 0.717) is 13.1 Å². The molecular formula is C16H19N3O6S3. The van der Waals surface area contributed by atoms with E-state index in [1.54, 1.807) is 0 Å². The zero-order chi connectivity index (χ0) is 20.6. The molecule has 1 fully saturated rings. The van der Waals surface area contributed by atoms with Crippen LogP contribution in [0.4, 0.5) is 5.69 Å². The molecule has 1 aliphatic rings. The van der Waals surface area contributed by atoms with E-state index in [9.17, 15) is 25.3 Å². The van der Waals surface area contributed by atoms with Crippen molar-refractivity contribution in [3.8, 4) is 0 Å². The van der Waals surface area contributed by atoms with Crippen molar-refractivity contribution in [2.45, 2.75) is 27.5 Å². The van der Waals surface area contributed by atoms with E-state index < -0.39 is 30.1 Å². The lowest BCUT2D eigenvalue weighted by Gasteiger charge is -2.16. The Kier molecular flexibility index (Phi) is 5.51. The Morgan fingerprint density at radius 1 is 0.786 bits per heavy atom. The van der Waals surface area contributed by atoms with Gasteiger partial charge in [-0.2, -0.15) is 4.31 Å². The molecule has 0 unspecified atom stereocenters. The van der Waals surface area contributed by atoms with Gasteiger partial charge in [-0.3, -0.25) is 4.72 Å². The van der Waals surface area contributed by atoms with Crippen LogP contribution in [0.5, 0.6) is 0 Å². The molecule has 3 rings (SSSR count). The van der Waals surface area contributed by atoms with Gasteiger partial charge in [-0.25, -0.2) is 30.4 Å². The SMILES string of the molecule is NS(=O)(=O)c1cccc(S(=O)(=O)Nc2cccc(S(=O)(=O)N3CCCC3)c2)c1. The van der Waals surface area contributed by atoms with E-state index in [1.165, 1.54) is 46.8 Å². The van der Waals surface area contributed by atoms with Crippen LogP contribution in [0, 0.1) is 0 Å². The molecule has 0 spiro atoms. The van der Waals surface area contributed by atoms with Gasteiger partial charge in [0.25, 0.3) is 10.0 Å².